The average molecular weight is 475 g/mol. The van der Waals surface area contributed by atoms with Gasteiger partial charge in [-0.05, 0) is 42.3 Å². The Balaban J connectivity index is 1.70. The van der Waals surface area contributed by atoms with Crippen LogP contribution in [0.5, 0.6) is 0 Å². The second-order valence-corrected chi connectivity index (χ2v) is 8.36. The fourth-order valence-electron chi connectivity index (χ4n) is 4.02. The molecule has 5 aromatic rings. The average Bonchev–Trinajstić information content (AvgIpc) is 3.26. The van der Waals surface area contributed by atoms with Gasteiger partial charge in [-0.1, -0.05) is 60.1 Å². The van der Waals surface area contributed by atoms with Gasteiger partial charge in [-0.25, -0.2) is 18.7 Å². The van der Waals surface area contributed by atoms with E-state index in [1.807, 2.05) is 30.3 Å². The molecule has 0 fully saturated rings. The van der Waals surface area contributed by atoms with Gasteiger partial charge in [-0.2, -0.15) is 0 Å². The van der Waals surface area contributed by atoms with Crippen LogP contribution in [0.1, 0.15) is 11.1 Å². The molecule has 0 amide bonds. The Morgan fingerprint density at radius 3 is 2.32 bits per heavy atom. The molecule has 0 saturated carbocycles. The summed E-state index contributed by atoms with van der Waals surface area (Å²) >= 11 is 6.04. The Hall–Kier alpha value is -3.97. The summed E-state index contributed by atoms with van der Waals surface area (Å²) in [6.07, 6.45) is 1.97. The van der Waals surface area contributed by atoms with Crippen molar-refractivity contribution in [2.24, 2.45) is 0 Å². The Morgan fingerprint density at radius 2 is 1.59 bits per heavy atom. The smallest absolute Gasteiger partial charge is 0.320 e. The number of hydrogen-bond acceptors (Lipinski definition) is 3. The van der Waals surface area contributed by atoms with Gasteiger partial charge < -0.3 is 4.57 Å². The predicted octanol–water partition coefficient (Wildman–Crippen LogP) is 4.43. The van der Waals surface area contributed by atoms with Crippen LogP contribution < -0.4 is 11.2 Å². The van der Waals surface area contributed by atoms with E-state index in [4.69, 9.17) is 11.6 Å². The van der Waals surface area contributed by atoms with Gasteiger partial charge in [0.05, 0.1) is 18.6 Å². The number of benzene rings is 3. The minimum absolute atomic E-state index is 0.107. The first-order valence-electron chi connectivity index (χ1n) is 10.8. The highest BCUT2D eigenvalue weighted by atomic mass is 35.5. The van der Waals surface area contributed by atoms with E-state index in [-0.39, 0.29) is 30.1 Å². The summed E-state index contributed by atoms with van der Waals surface area (Å²) in [6, 6.07) is 22.8. The third-order valence-corrected chi connectivity index (χ3v) is 6.00. The zero-order valence-electron chi connectivity index (χ0n) is 18.1. The minimum atomic E-state index is -0.494. The number of nitrogens with zero attached hydrogens (tertiary/aromatic N) is 4. The van der Waals surface area contributed by atoms with Crippen molar-refractivity contribution in [2.45, 2.75) is 19.5 Å². The molecule has 0 N–H and O–H groups in total. The molecule has 0 aliphatic rings. The number of fused-ring (bicyclic) bond motifs is 1. The zero-order valence-corrected chi connectivity index (χ0v) is 18.8. The van der Waals surface area contributed by atoms with Crippen molar-refractivity contribution in [3.05, 3.63) is 128 Å². The SMILES string of the molecule is O=c1c2c(ncn2Cc2ccccc2F)n(-c2ccc(Cl)cc2)c(=O)n1CCc1ccccc1. The lowest BCUT2D eigenvalue weighted by Crippen LogP contribution is -2.40. The van der Waals surface area contributed by atoms with E-state index in [0.717, 1.165) is 5.56 Å². The largest absolute Gasteiger partial charge is 0.337 e. The van der Waals surface area contributed by atoms with Gasteiger partial charge in [0.2, 0.25) is 0 Å². The first-order valence-corrected chi connectivity index (χ1v) is 11.1. The third-order valence-electron chi connectivity index (χ3n) is 5.75. The lowest BCUT2D eigenvalue weighted by molar-refractivity contribution is 0.598. The lowest BCUT2D eigenvalue weighted by atomic mass is 10.1. The van der Waals surface area contributed by atoms with E-state index in [0.29, 0.717) is 22.7 Å². The molecule has 0 unspecified atom stereocenters. The quantitative estimate of drug-likeness (QED) is 0.366. The molecule has 0 aliphatic carbocycles. The van der Waals surface area contributed by atoms with Crippen molar-refractivity contribution in [1.29, 1.82) is 0 Å². The Kier molecular flexibility index (Phi) is 5.86. The molecule has 8 heteroatoms. The van der Waals surface area contributed by atoms with Crippen molar-refractivity contribution >= 4 is 22.8 Å². The summed E-state index contributed by atoms with van der Waals surface area (Å²) in [7, 11) is 0. The van der Waals surface area contributed by atoms with Crippen molar-refractivity contribution in [2.75, 3.05) is 0 Å². The summed E-state index contributed by atoms with van der Waals surface area (Å²) in [5.74, 6) is -0.375. The van der Waals surface area contributed by atoms with Crippen LogP contribution >= 0.6 is 11.6 Å². The van der Waals surface area contributed by atoms with Crippen LogP contribution in [0.15, 0.2) is 94.8 Å². The van der Waals surface area contributed by atoms with Crippen LogP contribution in [0.25, 0.3) is 16.9 Å². The number of halogens is 2. The van der Waals surface area contributed by atoms with Crippen LogP contribution in [0, 0.1) is 5.82 Å². The maximum Gasteiger partial charge on any atom is 0.337 e. The number of aromatic nitrogens is 4. The van der Waals surface area contributed by atoms with Gasteiger partial charge in [-0.3, -0.25) is 9.36 Å². The summed E-state index contributed by atoms with van der Waals surface area (Å²) in [6.45, 7) is 0.298. The highest BCUT2D eigenvalue weighted by Crippen LogP contribution is 2.18. The molecule has 5 rings (SSSR count). The monoisotopic (exact) mass is 474 g/mol. The van der Waals surface area contributed by atoms with E-state index in [1.165, 1.54) is 21.5 Å². The number of hydrogen-bond donors (Lipinski definition) is 0. The van der Waals surface area contributed by atoms with Crippen LogP contribution in [-0.4, -0.2) is 18.7 Å². The highest BCUT2D eigenvalue weighted by Gasteiger charge is 2.20. The molecule has 0 bridgehead atoms. The van der Waals surface area contributed by atoms with Crippen LogP contribution in [0.3, 0.4) is 0 Å². The fraction of sp³-hybridized carbons (Fsp3) is 0.115. The Morgan fingerprint density at radius 1 is 0.882 bits per heavy atom. The second kappa shape index (κ2) is 9.11. The van der Waals surface area contributed by atoms with Gasteiger partial charge in [0.25, 0.3) is 5.56 Å². The molecule has 2 aromatic heterocycles. The summed E-state index contributed by atoms with van der Waals surface area (Å²) < 4.78 is 18.5. The topological polar surface area (TPSA) is 61.8 Å². The molecule has 2 heterocycles. The molecule has 0 spiro atoms. The zero-order chi connectivity index (χ0) is 23.7. The molecular formula is C26H20ClFN4O2. The maximum absolute atomic E-state index is 14.3. The van der Waals surface area contributed by atoms with Crippen LogP contribution in [0.2, 0.25) is 5.02 Å². The summed E-state index contributed by atoms with van der Waals surface area (Å²) in [5, 5.41) is 0.524. The Bertz CT molecular complexity index is 1590. The van der Waals surface area contributed by atoms with Crippen molar-refractivity contribution in [1.82, 2.24) is 18.7 Å². The lowest BCUT2D eigenvalue weighted by Gasteiger charge is -2.13. The molecule has 6 nitrogen and oxygen atoms in total. The third kappa shape index (κ3) is 4.06. The second-order valence-electron chi connectivity index (χ2n) is 7.92. The van der Waals surface area contributed by atoms with E-state index in [1.54, 1.807) is 47.0 Å². The van der Waals surface area contributed by atoms with Crippen molar-refractivity contribution < 1.29 is 4.39 Å². The molecule has 3 aromatic carbocycles. The van der Waals surface area contributed by atoms with Crippen LogP contribution in [-0.2, 0) is 19.5 Å². The first-order chi connectivity index (χ1) is 16.5. The van der Waals surface area contributed by atoms with Gasteiger partial charge in [0, 0.05) is 17.1 Å². The van der Waals surface area contributed by atoms with E-state index < -0.39 is 11.2 Å². The van der Waals surface area contributed by atoms with Gasteiger partial charge in [0.1, 0.15) is 5.82 Å². The molecule has 170 valence electrons. The Labute approximate surface area is 199 Å². The summed E-state index contributed by atoms with van der Waals surface area (Å²) in [4.78, 5) is 31.4. The van der Waals surface area contributed by atoms with Gasteiger partial charge in [0.15, 0.2) is 11.2 Å². The van der Waals surface area contributed by atoms with E-state index in [9.17, 15) is 14.0 Å². The molecule has 0 aliphatic heterocycles. The van der Waals surface area contributed by atoms with Crippen molar-refractivity contribution in [3.8, 4) is 5.69 Å². The van der Waals surface area contributed by atoms with Gasteiger partial charge >= 0.3 is 5.69 Å². The van der Waals surface area contributed by atoms with E-state index >= 15 is 0 Å². The van der Waals surface area contributed by atoms with E-state index in [2.05, 4.69) is 4.98 Å². The molecule has 34 heavy (non-hydrogen) atoms. The highest BCUT2D eigenvalue weighted by molar-refractivity contribution is 6.30. The predicted molar refractivity (Wildman–Crippen MR) is 130 cm³/mol. The molecule has 0 atom stereocenters. The maximum atomic E-state index is 14.3. The van der Waals surface area contributed by atoms with Crippen molar-refractivity contribution in [3.63, 3.8) is 0 Å². The normalized spacial score (nSPS) is 11.2. The number of imidazole rings is 1. The fourth-order valence-corrected chi connectivity index (χ4v) is 4.14. The first kappa shape index (κ1) is 21.9. The standard InChI is InChI=1S/C26H20ClFN4O2/c27-20-10-12-21(13-11-20)32-24-23(30(17-29-24)16-19-8-4-5-9-22(19)28)25(33)31(26(32)34)15-14-18-6-2-1-3-7-18/h1-13,17H,14-16H2. The molecule has 0 saturated heterocycles. The number of rotatable bonds is 6. The number of aryl methyl sites for hydroxylation is 1. The minimum Gasteiger partial charge on any atom is -0.320 e. The van der Waals surface area contributed by atoms with Crippen LogP contribution in [0.4, 0.5) is 4.39 Å². The summed E-state index contributed by atoms with van der Waals surface area (Å²) in [5.41, 5.74) is 1.44. The molecular weight excluding hydrogens is 455 g/mol. The molecule has 0 radical (unpaired) electrons. The van der Waals surface area contributed by atoms with Gasteiger partial charge in [-0.15, -0.1) is 0 Å².